The van der Waals surface area contributed by atoms with E-state index in [1.807, 2.05) is 0 Å². The Morgan fingerprint density at radius 3 is 2.49 bits per heavy atom. The monoisotopic (exact) mass is 509 g/mol. The highest BCUT2D eigenvalue weighted by molar-refractivity contribution is 6.74. The number of alkyl carbamates (subject to hydrolysis) is 1. The van der Waals surface area contributed by atoms with Gasteiger partial charge in [0.1, 0.15) is 17.7 Å². The van der Waals surface area contributed by atoms with Crippen LogP contribution in [0.2, 0.25) is 18.1 Å². The molecule has 1 spiro atoms. The third-order valence-electron chi connectivity index (χ3n) is 7.77. The molecule has 196 valence electrons. The van der Waals surface area contributed by atoms with Crippen LogP contribution in [0.15, 0.2) is 4.42 Å². The molecular weight excluding hydrogens is 470 g/mol. The van der Waals surface area contributed by atoms with Gasteiger partial charge in [-0.05, 0) is 63.6 Å². The van der Waals surface area contributed by atoms with Crippen molar-refractivity contribution in [3.63, 3.8) is 0 Å². The average molecular weight is 510 g/mol. The van der Waals surface area contributed by atoms with Gasteiger partial charge >= 0.3 is 12.1 Å². The molecule has 3 fully saturated rings. The zero-order chi connectivity index (χ0) is 26.0. The summed E-state index contributed by atoms with van der Waals surface area (Å²) in [4.78, 5) is 26.6. The second-order valence-corrected chi connectivity index (χ2v) is 17.4. The van der Waals surface area contributed by atoms with Gasteiger partial charge in [-0.1, -0.05) is 20.8 Å². The van der Waals surface area contributed by atoms with Crippen molar-refractivity contribution >= 4 is 20.4 Å². The predicted molar refractivity (Wildman–Crippen MR) is 128 cm³/mol. The summed E-state index contributed by atoms with van der Waals surface area (Å²) in [5.74, 6) is 0.579. The van der Waals surface area contributed by atoms with Gasteiger partial charge in [-0.25, -0.2) is 14.7 Å². The maximum Gasteiger partial charge on any atom is 0.407 e. The second-order valence-electron chi connectivity index (χ2n) is 12.6. The molecule has 12 heteroatoms. The summed E-state index contributed by atoms with van der Waals surface area (Å²) < 4.78 is 18.1. The van der Waals surface area contributed by atoms with Crippen molar-refractivity contribution in [1.29, 1.82) is 0 Å². The van der Waals surface area contributed by atoms with Crippen LogP contribution in [0.5, 0.6) is 0 Å². The molecule has 4 rings (SSSR count). The van der Waals surface area contributed by atoms with E-state index in [1.165, 1.54) is 0 Å². The summed E-state index contributed by atoms with van der Waals surface area (Å²) in [7, 11) is -2.27. The van der Waals surface area contributed by atoms with Crippen LogP contribution in [0, 0.1) is 5.41 Å². The Hall–Kier alpha value is -2.18. The zero-order valence-corrected chi connectivity index (χ0v) is 23.0. The van der Waals surface area contributed by atoms with E-state index in [1.54, 1.807) is 25.7 Å². The fourth-order valence-electron chi connectivity index (χ4n) is 4.58. The van der Waals surface area contributed by atoms with Crippen molar-refractivity contribution in [3.05, 3.63) is 11.8 Å². The van der Waals surface area contributed by atoms with Gasteiger partial charge in [0.05, 0.1) is 12.6 Å². The van der Waals surface area contributed by atoms with Crippen molar-refractivity contribution in [2.75, 3.05) is 13.1 Å². The van der Waals surface area contributed by atoms with Crippen molar-refractivity contribution in [3.8, 4) is 0 Å². The number of hydrogen-bond acceptors (Lipinski definition) is 8. The Morgan fingerprint density at radius 2 is 1.91 bits per heavy atom. The molecule has 1 aliphatic carbocycles. The molecule has 1 saturated carbocycles. The molecule has 3 heterocycles. The van der Waals surface area contributed by atoms with E-state index in [9.17, 15) is 14.8 Å². The minimum absolute atomic E-state index is 0.0800. The first kappa shape index (κ1) is 25.9. The highest BCUT2D eigenvalue weighted by Crippen LogP contribution is 2.61. The molecule has 3 aliphatic rings. The van der Waals surface area contributed by atoms with Crippen molar-refractivity contribution < 1.29 is 28.4 Å². The lowest BCUT2D eigenvalue weighted by Gasteiger charge is -2.38. The van der Waals surface area contributed by atoms with E-state index in [-0.39, 0.29) is 28.9 Å². The van der Waals surface area contributed by atoms with Gasteiger partial charge in [0.2, 0.25) is 11.8 Å². The molecule has 2 bridgehead atoms. The van der Waals surface area contributed by atoms with Crippen LogP contribution in [-0.4, -0.2) is 70.5 Å². The highest BCUT2D eigenvalue weighted by Gasteiger charge is 2.63. The first-order chi connectivity index (χ1) is 16.0. The molecule has 0 aromatic carbocycles. The first-order valence-electron chi connectivity index (χ1n) is 12.3. The molecule has 11 nitrogen and oxygen atoms in total. The number of hydroxylamine groups is 2. The fraction of sp³-hybridized carbons (Fsp3) is 0.826. The Labute approximate surface area is 207 Å². The summed E-state index contributed by atoms with van der Waals surface area (Å²) in [6.45, 7) is 16.6. The molecule has 3 atom stereocenters. The van der Waals surface area contributed by atoms with Crippen LogP contribution in [0.25, 0.3) is 0 Å². The van der Waals surface area contributed by atoms with Crippen LogP contribution < -0.4 is 5.32 Å². The number of urea groups is 1. The van der Waals surface area contributed by atoms with Crippen LogP contribution in [0.4, 0.5) is 9.59 Å². The second kappa shape index (κ2) is 8.44. The van der Waals surface area contributed by atoms with E-state index >= 15 is 0 Å². The number of carbonyl (C=O) groups excluding carboxylic acids is 2. The van der Waals surface area contributed by atoms with Crippen LogP contribution in [0.1, 0.15) is 84.7 Å². The normalized spacial score (nSPS) is 24.7. The van der Waals surface area contributed by atoms with Gasteiger partial charge < -0.3 is 23.8 Å². The quantitative estimate of drug-likeness (QED) is 0.427. The molecule has 1 aromatic heterocycles. The minimum atomic E-state index is -2.27. The number of piperidine rings is 1. The zero-order valence-electron chi connectivity index (χ0n) is 22.0. The lowest BCUT2D eigenvalue weighted by Crippen LogP contribution is -2.44. The van der Waals surface area contributed by atoms with E-state index in [0.717, 1.165) is 17.9 Å². The van der Waals surface area contributed by atoms with Gasteiger partial charge in [-0.3, -0.25) is 5.21 Å². The van der Waals surface area contributed by atoms with Gasteiger partial charge in [0.25, 0.3) is 0 Å². The van der Waals surface area contributed by atoms with Crippen molar-refractivity contribution in [1.82, 2.24) is 25.5 Å². The molecule has 0 unspecified atom stereocenters. The standard InChI is InChI=1S/C23H39N5O6Si/c1-21(2,3)33-19(29)24-12-15(34-35(7,8)22(4,5)6)18-26-25-17(32-18)14-11-23(9-10-23)16-13-27(14)20(30)28(16)31/h14-16,31H,9-13H2,1-8H3,(H,24,29)/t14-,15-,16+/m0/s1. The number of rotatable bonds is 6. The highest BCUT2D eigenvalue weighted by atomic mass is 28.4. The van der Waals surface area contributed by atoms with Gasteiger partial charge in [0.15, 0.2) is 8.32 Å². The summed E-state index contributed by atoms with van der Waals surface area (Å²) >= 11 is 0. The number of nitrogens with zero attached hydrogens (tertiary/aromatic N) is 4. The van der Waals surface area contributed by atoms with E-state index in [4.69, 9.17) is 13.6 Å². The third-order valence-corrected chi connectivity index (χ3v) is 12.3. The number of nitrogens with one attached hydrogen (secondary N) is 1. The molecule has 35 heavy (non-hydrogen) atoms. The third kappa shape index (κ3) is 5.05. The molecule has 2 aliphatic heterocycles. The number of aromatic nitrogens is 2. The van der Waals surface area contributed by atoms with E-state index in [2.05, 4.69) is 49.4 Å². The Bertz CT molecular complexity index is 980. The average Bonchev–Trinajstić information content (AvgIpc) is 3.21. The summed E-state index contributed by atoms with van der Waals surface area (Å²) in [6, 6.07) is -1.00. The number of hydrogen-bond donors (Lipinski definition) is 2. The van der Waals surface area contributed by atoms with Gasteiger partial charge in [-0.2, -0.15) is 0 Å². The summed E-state index contributed by atoms with van der Waals surface area (Å²) in [5.41, 5.74) is -0.718. The topological polar surface area (TPSA) is 130 Å². The SMILES string of the molecule is CC(C)(C)OC(=O)NC[C@H](O[Si](C)(C)C(C)(C)C)c1nnc([C@@H]2CC3(CC3)[C@H]3CN2C(=O)N3O)o1. The molecule has 2 N–H and O–H groups in total. The maximum absolute atomic E-state index is 12.6. The summed E-state index contributed by atoms with van der Waals surface area (Å²) in [6.07, 6.45) is 1.38. The molecule has 0 radical (unpaired) electrons. The van der Waals surface area contributed by atoms with Crippen LogP contribution >= 0.6 is 0 Å². The molecule has 3 amide bonds. The Kier molecular flexibility index (Phi) is 6.25. The van der Waals surface area contributed by atoms with Crippen molar-refractivity contribution in [2.24, 2.45) is 5.41 Å². The number of carbonyl (C=O) groups is 2. The van der Waals surface area contributed by atoms with Gasteiger partial charge in [0, 0.05) is 6.54 Å². The number of fused-ring (bicyclic) bond motifs is 3. The molecule has 2 saturated heterocycles. The fourth-order valence-corrected chi connectivity index (χ4v) is 5.83. The lowest BCUT2D eigenvalue weighted by atomic mass is 9.85. The molecule has 1 aromatic rings. The first-order valence-corrected chi connectivity index (χ1v) is 15.2. The summed E-state index contributed by atoms with van der Waals surface area (Å²) in [5, 5.41) is 22.4. The van der Waals surface area contributed by atoms with E-state index < -0.39 is 38.2 Å². The maximum atomic E-state index is 12.6. The smallest absolute Gasteiger partial charge is 0.407 e. The van der Waals surface area contributed by atoms with Gasteiger partial charge in [-0.15, -0.1) is 10.2 Å². The minimum Gasteiger partial charge on any atom is -0.444 e. The van der Waals surface area contributed by atoms with Crippen LogP contribution in [0.3, 0.4) is 0 Å². The molecular formula is C23H39N5O6Si. The largest absolute Gasteiger partial charge is 0.444 e. The van der Waals surface area contributed by atoms with E-state index in [0.29, 0.717) is 18.9 Å². The Morgan fingerprint density at radius 1 is 1.26 bits per heavy atom. The van der Waals surface area contributed by atoms with Crippen molar-refractivity contribution in [2.45, 2.75) is 103 Å². The predicted octanol–water partition coefficient (Wildman–Crippen LogP) is 4.38. The van der Waals surface area contributed by atoms with Crippen LogP contribution in [-0.2, 0) is 9.16 Å². The number of ether oxygens (including phenoxy) is 1. The number of amides is 3. The Balaban J connectivity index is 1.56. The lowest BCUT2D eigenvalue weighted by molar-refractivity contribution is -0.0783.